The minimum atomic E-state index is -0.184. The molecule has 1 saturated heterocycles. The first kappa shape index (κ1) is 14.9. The normalized spacial score (nSPS) is 19.8. The SMILES string of the molecule is O=C(c1cc2n(n1)CCO2)N1CCOC[C@H]1c1nc2ccccc2s1. The highest BCUT2D eigenvalue weighted by Gasteiger charge is 2.33. The number of thiazole rings is 1. The van der Waals surface area contributed by atoms with E-state index in [1.807, 2.05) is 29.2 Å². The Balaban J connectivity index is 1.48. The smallest absolute Gasteiger partial charge is 0.275 e. The maximum absolute atomic E-state index is 13.0. The fraction of sp³-hybridized carbons (Fsp3) is 0.353. The summed E-state index contributed by atoms with van der Waals surface area (Å²) in [7, 11) is 0. The Hall–Kier alpha value is -2.45. The van der Waals surface area contributed by atoms with Gasteiger partial charge in [-0.25, -0.2) is 9.67 Å². The van der Waals surface area contributed by atoms with Crippen LogP contribution in [0.3, 0.4) is 0 Å². The van der Waals surface area contributed by atoms with Crippen LogP contribution in [0.4, 0.5) is 0 Å². The molecule has 0 bridgehead atoms. The van der Waals surface area contributed by atoms with E-state index in [-0.39, 0.29) is 11.9 Å². The monoisotopic (exact) mass is 356 g/mol. The molecule has 4 heterocycles. The number of morpholine rings is 1. The van der Waals surface area contributed by atoms with Crippen LogP contribution < -0.4 is 4.74 Å². The molecule has 5 rings (SSSR count). The predicted molar refractivity (Wildman–Crippen MR) is 91.9 cm³/mol. The summed E-state index contributed by atoms with van der Waals surface area (Å²) in [6.07, 6.45) is 0. The highest BCUT2D eigenvalue weighted by Crippen LogP contribution is 2.32. The number of fused-ring (bicyclic) bond motifs is 2. The number of rotatable bonds is 2. The third-order valence-corrected chi connectivity index (χ3v) is 5.64. The van der Waals surface area contributed by atoms with Crippen molar-refractivity contribution in [1.29, 1.82) is 0 Å². The van der Waals surface area contributed by atoms with Gasteiger partial charge in [-0.3, -0.25) is 4.79 Å². The minimum Gasteiger partial charge on any atom is -0.476 e. The van der Waals surface area contributed by atoms with Gasteiger partial charge in [0, 0.05) is 12.6 Å². The van der Waals surface area contributed by atoms with Gasteiger partial charge in [-0.15, -0.1) is 11.3 Å². The van der Waals surface area contributed by atoms with Crippen molar-refractivity contribution in [3.8, 4) is 5.88 Å². The van der Waals surface area contributed by atoms with Crippen LogP contribution in [0.25, 0.3) is 10.2 Å². The quantitative estimate of drug-likeness (QED) is 0.703. The molecule has 1 amide bonds. The number of aromatic nitrogens is 3. The van der Waals surface area contributed by atoms with Crippen molar-refractivity contribution in [2.45, 2.75) is 12.6 Å². The molecular weight excluding hydrogens is 340 g/mol. The lowest BCUT2D eigenvalue weighted by Gasteiger charge is -2.33. The number of ether oxygens (including phenoxy) is 2. The molecule has 0 saturated carbocycles. The van der Waals surface area contributed by atoms with Gasteiger partial charge in [0.25, 0.3) is 5.91 Å². The van der Waals surface area contributed by atoms with E-state index in [1.54, 1.807) is 22.1 Å². The van der Waals surface area contributed by atoms with Crippen LogP contribution in [-0.4, -0.2) is 51.9 Å². The standard InChI is InChI=1S/C17H16N4O3S/c22-17(12-9-15-21(19-12)6-8-24-15)20-5-7-23-10-13(20)16-18-11-3-1-2-4-14(11)25-16/h1-4,9,13H,5-8,10H2/t13-/m0/s1. The minimum absolute atomic E-state index is 0.0990. The summed E-state index contributed by atoms with van der Waals surface area (Å²) in [5.74, 6) is 0.561. The summed E-state index contributed by atoms with van der Waals surface area (Å²) in [5, 5.41) is 5.28. The van der Waals surface area contributed by atoms with E-state index in [1.165, 1.54) is 0 Å². The van der Waals surface area contributed by atoms with Gasteiger partial charge in [-0.05, 0) is 12.1 Å². The van der Waals surface area contributed by atoms with Crippen LogP contribution in [0.2, 0.25) is 0 Å². The number of carbonyl (C=O) groups is 1. The van der Waals surface area contributed by atoms with Gasteiger partial charge in [0.15, 0.2) is 5.69 Å². The first-order chi connectivity index (χ1) is 12.3. The number of hydrogen-bond acceptors (Lipinski definition) is 6. The third kappa shape index (κ3) is 2.49. The second-order valence-electron chi connectivity index (χ2n) is 6.05. The van der Waals surface area contributed by atoms with Crippen molar-refractivity contribution >= 4 is 27.5 Å². The largest absolute Gasteiger partial charge is 0.476 e. The maximum atomic E-state index is 13.0. The van der Waals surface area contributed by atoms with E-state index < -0.39 is 0 Å². The zero-order valence-electron chi connectivity index (χ0n) is 13.4. The fourth-order valence-electron chi connectivity index (χ4n) is 3.25. The van der Waals surface area contributed by atoms with Crippen molar-refractivity contribution in [1.82, 2.24) is 19.7 Å². The van der Waals surface area contributed by atoms with E-state index in [9.17, 15) is 4.79 Å². The first-order valence-electron chi connectivity index (χ1n) is 8.24. The zero-order valence-corrected chi connectivity index (χ0v) is 14.2. The van der Waals surface area contributed by atoms with Gasteiger partial charge in [-0.2, -0.15) is 5.10 Å². The van der Waals surface area contributed by atoms with Crippen molar-refractivity contribution in [3.05, 3.63) is 41.0 Å². The van der Waals surface area contributed by atoms with Crippen LogP contribution in [-0.2, 0) is 11.3 Å². The Labute approximate surface area is 147 Å². The molecule has 0 radical (unpaired) electrons. The van der Waals surface area contributed by atoms with Crippen LogP contribution in [0.1, 0.15) is 21.5 Å². The van der Waals surface area contributed by atoms with Crippen LogP contribution in [0, 0.1) is 0 Å². The fourth-order valence-corrected chi connectivity index (χ4v) is 4.31. The molecule has 128 valence electrons. The van der Waals surface area contributed by atoms with Crippen molar-refractivity contribution < 1.29 is 14.3 Å². The van der Waals surface area contributed by atoms with Crippen molar-refractivity contribution in [2.24, 2.45) is 0 Å². The Morgan fingerprint density at radius 2 is 2.16 bits per heavy atom. The van der Waals surface area contributed by atoms with Crippen LogP contribution >= 0.6 is 11.3 Å². The number of para-hydroxylation sites is 1. The predicted octanol–water partition coefficient (Wildman–Crippen LogP) is 2.10. The molecule has 25 heavy (non-hydrogen) atoms. The molecule has 1 aromatic carbocycles. The topological polar surface area (TPSA) is 69.5 Å². The number of carbonyl (C=O) groups excluding carboxylic acids is 1. The lowest BCUT2D eigenvalue weighted by molar-refractivity contribution is -0.00306. The number of amides is 1. The highest BCUT2D eigenvalue weighted by atomic mass is 32.1. The Kier molecular flexibility index (Phi) is 3.46. The maximum Gasteiger partial charge on any atom is 0.275 e. The number of hydrogen-bond donors (Lipinski definition) is 0. The average Bonchev–Trinajstić information content (AvgIpc) is 3.34. The molecule has 2 aromatic heterocycles. The van der Waals surface area contributed by atoms with E-state index >= 15 is 0 Å². The van der Waals surface area contributed by atoms with Crippen LogP contribution in [0.5, 0.6) is 5.88 Å². The molecule has 1 atom stereocenters. The molecule has 0 aliphatic carbocycles. The third-order valence-electron chi connectivity index (χ3n) is 4.50. The number of benzene rings is 1. The Morgan fingerprint density at radius 3 is 3.04 bits per heavy atom. The summed E-state index contributed by atoms with van der Waals surface area (Å²) < 4.78 is 13.9. The van der Waals surface area contributed by atoms with Gasteiger partial charge >= 0.3 is 0 Å². The van der Waals surface area contributed by atoms with E-state index in [4.69, 9.17) is 14.5 Å². The number of nitrogens with zero attached hydrogens (tertiary/aromatic N) is 4. The van der Waals surface area contributed by atoms with Crippen LogP contribution in [0.15, 0.2) is 30.3 Å². The molecule has 0 spiro atoms. The molecule has 2 aliphatic heterocycles. The van der Waals surface area contributed by atoms with Gasteiger partial charge in [-0.1, -0.05) is 12.1 Å². The summed E-state index contributed by atoms with van der Waals surface area (Å²) >= 11 is 1.61. The molecule has 1 fully saturated rings. The van der Waals surface area contributed by atoms with Gasteiger partial charge < -0.3 is 14.4 Å². The second kappa shape index (κ2) is 5.82. The molecule has 7 nitrogen and oxygen atoms in total. The summed E-state index contributed by atoms with van der Waals surface area (Å²) in [5.41, 5.74) is 1.37. The lowest BCUT2D eigenvalue weighted by atomic mass is 10.2. The van der Waals surface area contributed by atoms with E-state index in [0.717, 1.165) is 15.2 Å². The van der Waals surface area contributed by atoms with Crippen molar-refractivity contribution in [3.63, 3.8) is 0 Å². The van der Waals surface area contributed by atoms with E-state index in [0.29, 0.717) is 44.5 Å². The van der Waals surface area contributed by atoms with Crippen molar-refractivity contribution in [2.75, 3.05) is 26.4 Å². The molecule has 8 heteroatoms. The Morgan fingerprint density at radius 1 is 1.24 bits per heavy atom. The molecule has 0 unspecified atom stereocenters. The summed E-state index contributed by atoms with van der Waals surface area (Å²) in [6.45, 7) is 2.81. The summed E-state index contributed by atoms with van der Waals surface area (Å²) in [4.78, 5) is 19.5. The first-order valence-corrected chi connectivity index (χ1v) is 9.06. The zero-order chi connectivity index (χ0) is 16.8. The van der Waals surface area contributed by atoms with Gasteiger partial charge in [0.1, 0.15) is 17.7 Å². The second-order valence-corrected chi connectivity index (χ2v) is 7.11. The van der Waals surface area contributed by atoms with E-state index in [2.05, 4.69) is 5.10 Å². The molecule has 3 aromatic rings. The Bertz CT molecular complexity index is 896. The van der Waals surface area contributed by atoms with Gasteiger partial charge in [0.2, 0.25) is 5.88 Å². The lowest BCUT2D eigenvalue weighted by Crippen LogP contribution is -2.43. The molecule has 0 N–H and O–H groups in total. The molecule has 2 aliphatic rings. The molecular formula is C17H16N4O3S. The highest BCUT2D eigenvalue weighted by molar-refractivity contribution is 7.18. The van der Waals surface area contributed by atoms with Gasteiger partial charge in [0.05, 0.1) is 30.0 Å². The average molecular weight is 356 g/mol. The summed E-state index contributed by atoms with van der Waals surface area (Å²) in [6, 6.07) is 9.54.